The predicted molar refractivity (Wildman–Crippen MR) is 73.2 cm³/mol. The van der Waals surface area contributed by atoms with Crippen LogP contribution in [0.4, 0.5) is 0 Å². The van der Waals surface area contributed by atoms with Crippen LogP contribution in [0.5, 0.6) is 0 Å². The van der Waals surface area contributed by atoms with E-state index in [0.29, 0.717) is 0 Å². The molecule has 1 aliphatic rings. The Morgan fingerprint density at radius 3 is 2.24 bits per heavy atom. The summed E-state index contributed by atoms with van der Waals surface area (Å²) in [6, 6.07) is 0. The maximum atomic E-state index is 10.2. The Labute approximate surface area is 107 Å². The first-order chi connectivity index (χ1) is 8.13. The third kappa shape index (κ3) is 4.94. The van der Waals surface area contributed by atoms with Crippen LogP contribution in [0.3, 0.4) is 0 Å². The number of nitrogens with one attached hydrogen (secondary N) is 1. The summed E-state index contributed by atoms with van der Waals surface area (Å²) in [5.74, 6) is 0.802. The number of likely N-dealkylation sites (tertiary alicyclic amines) is 1. The second-order valence-electron chi connectivity index (χ2n) is 5.44. The molecule has 1 aliphatic heterocycles. The van der Waals surface area contributed by atoms with Crippen molar-refractivity contribution in [1.82, 2.24) is 10.2 Å². The predicted octanol–water partition coefficient (Wildman–Crippen LogP) is 1.86. The number of aliphatic hydroxyl groups is 1. The molecular weight excluding hydrogens is 212 g/mol. The van der Waals surface area contributed by atoms with E-state index in [1.54, 1.807) is 0 Å². The molecule has 0 atom stereocenters. The van der Waals surface area contributed by atoms with Gasteiger partial charge in [-0.05, 0) is 57.8 Å². The zero-order valence-electron chi connectivity index (χ0n) is 11.8. The van der Waals surface area contributed by atoms with Crippen molar-refractivity contribution in [2.75, 3.05) is 32.7 Å². The Kier molecular flexibility index (Phi) is 6.45. The number of hydrogen-bond donors (Lipinski definition) is 2. The van der Waals surface area contributed by atoms with Gasteiger partial charge in [-0.15, -0.1) is 0 Å². The zero-order chi connectivity index (χ0) is 12.7. The van der Waals surface area contributed by atoms with Crippen LogP contribution < -0.4 is 5.32 Å². The molecule has 3 nitrogen and oxygen atoms in total. The SMILES string of the molecule is CCN1CCC(CNCC(O)(CC)CC)CC1. The van der Waals surface area contributed by atoms with Gasteiger partial charge in [0, 0.05) is 6.54 Å². The summed E-state index contributed by atoms with van der Waals surface area (Å²) in [6.07, 6.45) is 4.28. The average Bonchev–Trinajstić information content (AvgIpc) is 2.39. The van der Waals surface area contributed by atoms with Crippen molar-refractivity contribution in [2.24, 2.45) is 5.92 Å². The standard InChI is InChI=1S/C14H30N2O/c1-4-14(17,5-2)12-15-11-13-7-9-16(6-3)10-8-13/h13,15,17H,4-12H2,1-3H3. The average molecular weight is 242 g/mol. The maximum absolute atomic E-state index is 10.2. The van der Waals surface area contributed by atoms with Crippen LogP contribution in [0.2, 0.25) is 0 Å². The third-order valence-corrected chi connectivity index (χ3v) is 4.36. The van der Waals surface area contributed by atoms with Crippen molar-refractivity contribution in [3.05, 3.63) is 0 Å². The lowest BCUT2D eigenvalue weighted by molar-refractivity contribution is 0.0309. The summed E-state index contributed by atoms with van der Waals surface area (Å²) in [6.45, 7) is 11.8. The molecule has 0 radical (unpaired) electrons. The Hall–Kier alpha value is -0.120. The summed E-state index contributed by atoms with van der Waals surface area (Å²) in [7, 11) is 0. The molecule has 102 valence electrons. The topological polar surface area (TPSA) is 35.5 Å². The van der Waals surface area contributed by atoms with Crippen LogP contribution in [0.15, 0.2) is 0 Å². The van der Waals surface area contributed by atoms with Gasteiger partial charge in [0.15, 0.2) is 0 Å². The van der Waals surface area contributed by atoms with Crippen LogP contribution >= 0.6 is 0 Å². The Balaban J connectivity index is 2.15. The van der Waals surface area contributed by atoms with E-state index in [9.17, 15) is 5.11 Å². The van der Waals surface area contributed by atoms with E-state index < -0.39 is 5.60 Å². The van der Waals surface area contributed by atoms with Gasteiger partial charge in [-0.25, -0.2) is 0 Å². The minimum absolute atomic E-state index is 0.496. The lowest BCUT2D eigenvalue weighted by atomic mass is 9.95. The maximum Gasteiger partial charge on any atom is 0.0766 e. The molecule has 0 aromatic carbocycles. The van der Waals surface area contributed by atoms with E-state index in [0.717, 1.165) is 31.8 Å². The summed E-state index contributed by atoms with van der Waals surface area (Å²) in [4.78, 5) is 2.52. The Morgan fingerprint density at radius 2 is 1.76 bits per heavy atom. The number of piperidine rings is 1. The van der Waals surface area contributed by atoms with E-state index in [1.165, 1.54) is 32.5 Å². The van der Waals surface area contributed by atoms with Crippen LogP contribution in [0, 0.1) is 5.92 Å². The second-order valence-corrected chi connectivity index (χ2v) is 5.44. The molecule has 0 aromatic heterocycles. The van der Waals surface area contributed by atoms with Crippen molar-refractivity contribution in [3.63, 3.8) is 0 Å². The Morgan fingerprint density at radius 1 is 1.18 bits per heavy atom. The van der Waals surface area contributed by atoms with Crippen molar-refractivity contribution >= 4 is 0 Å². The zero-order valence-corrected chi connectivity index (χ0v) is 11.8. The molecule has 0 saturated carbocycles. The van der Waals surface area contributed by atoms with E-state index >= 15 is 0 Å². The van der Waals surface area contributed by atoms with E-state index in [1.807, 2.05) is 0 Å². The first-order valence-corrected chi connectivity index (χ1v) is 7.29. The van der Waals surface area contributed by atoms with Gasteiger partial charge in [-0.3, -0.25) is 0 Å². The molecule has 0 amide bonds. The quantitative estimate of drug-likeness (QED) is 0.715. The summed E-state index contributed by atoms with van der Waals surface area (Å²) in [5.41, 5.74) is -0.496. The van der Waals surface area contributed by atoms with Gasteiger partial charge >= 0.3 is 0 Å². The van der Waals surface area contributed by atoms with Gasteiger partial charge in [0.1, 0.15) is 0 Å². The minimum atomic E-state index is -0.496. The molecule has 17 heavy (non-hydrogen) atoms. The van der Waals surface area contributed by atoms with Crippen molar-refractivity contribution in [2.45, 2.75) is 52.1 Å². The van der Waals surface area contributed by atoms with Gasteiger partial charge < -0.3 is 15.3 Å². The highest BCUT2D eigenvalue weighted by molar-refractivity contribution is 4.79. The normalized spacial score (nSPS) is 19.8. The largest absolute Gasteiger partial charge is 0.389 e. The fourth-order valence-electron chi connectivity index (χ4n) is 2.52. The van der Waals surface area contributed by atoms with Crippen molar-refractivity contribution in [3.8, 4) is 0 Å². The highest BCUT2D eigenvalue weighted by Crippen LogP contribution is 2.17. The number of rotatable bonds is 7. The fraction of sp³-hybridized carbons (Fsp3) is 1.00. The first kappa shape index (κ1) is 14.9. The first-order valence-electron chi connectivity index (χ1n) is 7.29. The van der Waals surface area contributed by atoms with E-state index in [2.05, 4.69) is 31.0 Å². The summed E-state index contributed by atoms with van der Waals surface area (Å²) >= 11 is 0. The molecule has 1 heterocycles. The summed E-state index contributed by atoms with van der Waals surface area (Å²) in [5, 5.41) is 13.6. The molecule has 0 unspecified atom stereocenters. The van der Waals surface area contributed by atoms with Gasteiger partial charge in [0.05, 0.1) is 5.60 Å². The Bertz CT molecular complexity index is 196. The molecule has 1 saturated heterocycles. The van der Waals surface area contributed by atoms with Crippen LogP contribution in [-0.2, 0) is 0 Å². The molecule has 3 heteroatoms. The van der Waals surface area contributed by atoms with Gasteiger partial charge in [-0.2, -0.15) is 0 Å². The molecule has 0 spiro atoms. The summed E-state index contributed by atoms with van der Waals surface area (Å²) < 4.78 is 0. The fourth-order valence-corrected chi connectivity index (χ4v) is 2.52. The van der Waals surface area contributed by atoms with E-state index in [4.69, 9.17) is 0 Å². The highest BCUT2D eigenvalue weighted by atomic mass is 16.3. The van der Waals surface area contributed by atoms with Crippen molar-refractivity contribution < 1.29 is 5.11 Å². The molecule has 0 aliphatic carbocycles. The van der Waals surface area contributed by atoms with Gasteiger partial charge in [-0.1, -0.05) is 20.8 Å². The van der Waals surface area contributed by atoms with Gasteiger partial charge in [0.2, 0.25) is 0 Å². The highest BCUT2D eigenvalue weighted by Gasteiger charge is 2.23. The molecular formula is C14H30N2O. The van der Waals surface area contributed by atoms with Crippen LogP contribution in [0.1, 0.15) is 46.5 Å². The molecule has 1 fully saturated rings. The lowest BCUT2D eigenvalue weighted by Gasteiger charge is -2.32. The number of nitrogens with zero attached hydrogens (tertiary/aromatic N) is 1. The van der Waals surface area contributed by atoms with Crippen molar-refractivity contribution in [1.29, 1.82) is 0 Å². The van der Waals surface area contributed by atoms with Crippen LogP contribution in [0.25, 0.3) is 0 Å². The molecule has 0 aromatic rings. The smallest absolute Gasteiger partial charge is 0.0766 e. The van der Waals surface area contributed by atoms with E-state index in [-0.39, 0.29) is 0 Å². The minimum Gasteiger partial charge on any atom is -0.389 e. The molecule has 1 rings (SSSR count). The van der Waals surface area contributed by atoms with Gasteiger partial charge in [0.25, 0.3) is 0 Å². The number of hydrogen-bond acceptors (Lipinski definition) is 3. The molecule has 0 bridgehead atoms. The second kappa shape index (κ2) is 7.34. The molecule has 2 N–H and O–H groups in total. The van der Waals surface area contributed by atoms with Crippen LogP contribution in [-0.4, -0.2) is 48.3 Å². The lowest BCUT2D eigenvalue weighted by Crippen LogP contribution is -2.43. The third-order valence-electron chi connectivity index (χ3n) is 4.36. The monoisotopic (exact) mass is 242 g/mol.